The quantitative estimate of drug-likeness (QED) is 0.793. The third-order valence-corrected chi connectivity index (χ3v) is 3.96. The lowest BCUT2D eigenvalue weighted by Gasteiger charge is -2.39. The van der Waals surface area contributed by atoms with Gasteiger partial charge in [0.25, 0.3) is 0 Å². The van der Waals surface area contributed by atoms with Gasteiger partial charge in [0, 0.05) is 44.3 Å². The number of hydrogen-bond acceptors (Lipinski definition) is 3. The summed E-state index contributed by atoms with van der Waals surface area (Å²) in [6.45, 7) is 2.38. The molecule has 3 rings (SSSR count). The lowest BCUT2D eigenvalue weighted by atomic mass is 9.76. The Morgan fingerprint density at radius 2 is 1.61 bits per heavy atom. The Labute approximate surface area is 107 Å². The normalized spacial score (nSPS) is 28.4. The minimum atomic E-state index is -0.0475. The fourth-order valence-corrected chi connectivity index (χ4v) is 3.15. The maximum absolute atomic E-state index is 12.0. The third-order valence-electron chi connectivity index (χ3n) is 3.96. The predicted octanol–water partition coefficient (Wildman–Crippen LogP) is 1.67. The van der Waals surface area contributed by atoms with E-state index in [1.165, 1.54) is 5.56 Å². The first-order valence-electron chi connectivity index (χ1n) is 6.54. The van der Waals surface area contributed by atoms with E-state index in [2.05, 4.69) is 17.0 Å². The van der Waals surface area contributed by atoms with Crippen molar-refractivity contribution in [1.82, 2.24) is 4.90 Å². The molecule has 1 aliphatic heterocycles. The van der Waals surface area contributed by atoms with Gasteiger partial charge in [0.15, 0.2) is 0 Å². The Morgan fingerprint density at radius 1 is 1.00 bits per heavy atom. The summed E-state index contributed by atoms with van der Waals surface area (Å²) >= 11 is 0. The molecule has 3 nitrogen and oxygen atoms in total. The number of likely N-dealkylation sites (tertiary alicyclic amines) is 1. The van der Waals surface area contributed by atoms with Crippen LogP contribution < -0.4 is 0 Å². The van der Waals surface area contributed by atoms with E-state index in [0.29, 0.717) is 18.6 Å². The van der Waals surface area contributed by atoms with Gasteiger partial charge in [0.05, 0.1) is 0 Å². The molecular formula is C15H17NO2. The van der Waals surface area contributed by atoms with Crippen LogP contribution in [0.15, 0.2) is 30.3 Å². The maximum atomic E-state index is 12.0. The molecule has 2 atom stereocenters. The molecule has 0 N–H and O–H groups in total. The van der Waals surface area contributed by atoms with Gasteiger partial charge < -0.3 is 0 Å². The number of rotatable bonds is 2. The van der Waals surface area contributed by atoms with E-state index >= 15 is 0 Å². The minimum absolute atomic E-state index is 0.0475. The summed E-state index contributed by atoms with van der Waals surface area (Å²) in [5.41, 5.74) is 1.27. The molecule has 0 radical (unpaired) electrons. The first-order valence-corrected chi connectivity index (χ1v) is 6.54. The van der Waals surface area contributed by atoms with Gasteiger partial charge >= 0.3 is 0 Å². The average molecular weight is 243 g/mol. The van der Waals surface area contributed by atoms with Crippen LogP contribution in [0.1, 0.15) is 18.4 Å². The van der Waals surface area contributed by atoms with Crippen LogP contribution in [-0.2, 0) is 16.1 Å². The largest absolute Gasteiger partial charge is 0.300 e. The Balaban J connectivity index is 1.70. The first-order chi connectivity index (χ1) is 8.72. The summed E-state index contributed by atoms with van der Waals surface area (Å²) in [5, 5.41) is 0. The van der Waals surface area contributed by atoms with Gasteiger partial charge in [0.1, 0.15) is 11.6 Å². The number of fused-ring (bicyclic) bond motifs is 2. The van der Waals surface area contributed by atoms with Crippen molar-refractivity contribution in [2.45, 2.75) is 19.4 Å². The van der Waals surface area contributed by atoms with E-state index in [1.54, 1.807) is 0 Å². The smallest absolute Gasteiger partial charge is 0.142 e. The second kappa shape index (κ2) is 4.65. The van der Waals surface area contributed by atoms with Gasteiger partial charge in [-0.1, -0.05) is 30.3 Å². The van der Waals surface area contributed by atoms with Crippen molar-refractivity contribution in [2.24, 2.45) is 11.8 Å². The Kier molecular flexibility index (Phi) is 3.00. The van der Waals surface area contributed by atoms with Gasteiger partial charge in [-0.3, -0.25) is 14.5 Å². The molecule has 0 amide bonds. The number of nitrogens with zero attached hydrogens (tertiary/aromatic N) is 1. The highest BCUT2D eigenvalue weighted by Gasteiger charge is 2.40. The molecule has 94 valence electrons. The lowest BCUT2D eigenvalue weighted by Crippen LogP contribution is -2.50. The van der Waals surface area contributed by atoms with E-state index in [-0.39, 0.29) is 17.6 Å². The monoisotopic (exact) mass is 243 g/mol. The van der Waals surface area contributed by atoms with E-state index < -0.39 is 0 Å². The van der Waals surface area contributed by atoms with E-state index in [4.69, 9.17) is 0 Å². The number of carbonyl (C=O) groups excluding carboxylic acids is 2. The molecule has 1 saturated heterocycles. The molecule has 18 heavy (non-hydrogen) atoms. The van der Waals surface area contributed by atoms with E-state index in [9.17, 15) is 9.59 Å². The highest BCUT2D eigenvalue weighted by molar-refractivity contribution is 5.97. The Bertz CT molecular complexity index is 449. The summed E-state index contributed by atoms with van der Waals surface area (Å²) < 4.78 is 0. The van der Waals surface area contributed by atoms with Crippen molar-refractivity contribution < 1.29 is 9.59 Å². The zero-order valence-corrected chi connectivity index (χ0v) is 10.3. The van der Waals surface area contributed by atoms with Crippen molar-refractivity contribution in [3.05, 3.63) is 35.9 Å². The Hall–Kier alpha value is -1.48. The molecule has 2 aliphatic rings. The average Bonchev–Trinajstić information content (AvgIpc) is 2.33. The molecule has 1 aromatic carbocycles. The lowest BCUT2D eigenvalue weighted by molar-refractivity contribution is -0.142. The topological polar surface area (TPSA) is 37.4 Å². The van der Waals surface area contributed by atoms with Crippen LogP contribution in [0.2, 0.25) is 0 Å². The summed E-state index contributed by atoms with van der Waals surface area (Å²) in [6.07, 6.45) is 0.918. The van der Waals surface area contributed by atoms with Crippen LogP contribution in [0.5, 0.6) is 0 Å². The fourth-order valence-electron chi connectivity index (χ4n) is 3.15. The molecule has 1 saturated carbocycles. The highest BCUT2D eigenvalue weighted by atomic mass is 16.1. The number of ketones is 2. The second-order valence-electron chi connectivity index (χ2n) is 5.42. The van der Waals surface area contributed by atoms with Gasteiger partial charge in [-0.05, 0) is 5.56 Å². The SMILES string of the molecule is O=C1CC2CN(Cc3ccccc3)CC(C1)C2=O. The molecule has 0 spiro atoms. The summed E-state index contributed by atoms with van der Waals surface area (Å²) in [7, 11) is 0. The molecular weight excluding hydrogens is 226 g/mol. The van der Waals surface area contributed by atoms with Crippen LogP contribution in [0.3, 0.4) is 0 Å². The summed E-state index contributed by atoms with van der Waals surface area (Å²) in [5.74, 6) is 0.491. The predicted molar refractivity (Wildman–Crippen MR) is 67.9 cm³/mol. The summed E-state index contributed by atoms with van der Waals surface area (Å²) in [4.78, 5) is 25.8. The minimum Gasteiger partial charge on any atom is -0.300 e. The first kappa shape index (κ1) is 11.6. The zero-order valence-electron chi connectivity index (χ0n) is 10.3. The highest BCUT2D eigenvalue weighted by Crippen LogP contribution is 2.30. The molecule has 2 fully saturated rings. The molecule has 1 aromatic rings. The fraction of sp³-hybridized carbons (Fsp3) is 0.467. The molecule has 1 heterocycles. The van der Waals surface area contributed by atoms with Crippen molar-refractivity contribution in [1.29, 1.82) is 0 Å². The number of benzene rings is 1. The van der Waals surface area contributed by atoms with E-state index in [1.807, 2.05) is 18.2 Å². The van der Waals surface area contributed by atoms with Crippen molar-refractivity contribution >= 4 is 11.6 Å². The van der Waals surface area contributed by atoms with Gasteiger partial charge in [-0.25, -0.2) is 0 Å². The van der Waals surface area contributed by atoms with Crippen molar-refractivity contribution in [3.8, 4) is 0 Å². The van der Waals surface area contributed by atoms with Crippen LogP contribution in [-0.4, -0.2) is 29.6 Å². The molecule has 2 bridgehead atoms. The van der Waals surface area contributed by atoms with Crippen LogP contribution in [0, 0.1) is 11.8 Å². The Morgan fingerprint density at radius 3 is 2.22 bits per heavy atom. The van der Waals surface area contributed by atoms with Crippen LogP contribution in [0.4, 0.5) is 0 Å². The molecule has 2 unspecified atom stereocenters. The number of hydrogen-bond donors (Lipinski definition) is 0. The second-order valence-corrected chi connectivity index (χ2v) is 5.42. The van der Waals surface area contributed by atoms with Gasteiger partial charge in [0.2, 0.25) is 0 Å². The zero-order chi connectivity index (χ0) is 12.5. The third kappa shape index (κ3) is 2.23. The number of carbonyl (C=O) groups is 2. The van der Waals surface area contributed by atoms with Crippen molar-refractivity contribution in [2.75, 3.05) is 13.1 Å². The van der Waals surface area contributed by atoms with Crippen LogP contribution >= 0.6 is 0 Å². The number of Topliss-reactive ketones (excluding diaryl/α,β-unsaturated/α-hetero) is 2. The summed E-state index contributed by atoms with van der Waals surface area (Å²) in [6, 6.07) is 10.3. The number of piperidine rings is 1. The standard InChI is InChI=1S/C15H17NO2/c17-14-6-12-9-16(10-13(7-14)15(12)18)8-11-4-2-1-3-5-11/h1-5,12-13H,6-10H2. The van der Waals surface area contributed by atoms with E-state index in [0.717, 1.165) is 19.6 Å². The van der Waals surface area contributed by atoms with Gasteiger partial charge in [-0.15, -0.1) is 0 Å². The van der Waals surface area contributed by atoms with Gasteiger partial charge in [-0.2, -0.15) is 0 Å². The van der Waals surface area contributed by atoms with Crippen LogP contribution in [0.25, 0.3) is 0 Å². The van der Waals surface area contributed by atoms with Crippen molar-refractivity contribution in [3.63, 3.8) is 0 Å². The molecule has 3 heteroatoms. The molecule has 1 aliphatic carbocycles. The maximum Gasteiger partial charge on any atom is 0.142 e. The molecule has 0 aromatic heterocycles.